The van der Waals surface area contributed by atoms with Gasteiger partial charge >= 0.3 is 5.97 Å². The molecule has 0 aliphatic carbocycles. The molecule has 0 radical (unpaired) electrons. The minimum atomic E-state index is -1.67. The topological polar surface area (TPSA) is 75.6 Å². The van der Waals surface area contributed by atoms with Crippen LogP contribution in [-0.2, 0) is 9.53 Å². The molecule has 114 valence electrons. The van der Waals surface area contributed by atoms with Gasteiger partial charge in [0.15, 0.2) is 17.5 Å². The Kier molecular flexibility index (Phi) is 3.91. The van der Waals surface area contributed by atoms with Gasteiger partial charge in [-0.15, -0.1) is 0 Å². The maximum Gasteiger partial charge on any atom is 0.313 e. The summed E-state index contributed by atoms with van der Waals surface area (Å²) in [4.78, 5) is 23.1. The molecule has 1 aliphatic heterocycles. The highest BCUT2D eigenvalue weighted by Crippen LogP contribution is 2.29. The Morgan fingerprint density at radius 3 is 2.43 bits per heavy atom. The van der Waals surface area contributed by atoms with Crippen LogP contribution in [0.2, 0.25) is 0 Å². The number of aliphatic carboxylic acids is 1. The Hall–Kier alpha value is -2.09. The first-order valence-corrected chi connectivity index (χ1v) is 6.02. The fraction of sp³-hybridized carbons (Fsp3) is 0.385. The Morgan fingerprint density at radius 1 is 1.33 bits per heavy atom. The summed E-state index contributed by atoms with van der Waals surface area (Å²) in [5.41, 5.74) is -1.78. The highest BCUT2D eigenvalue weighted by atomic mass is 19.2. The van der Waals surface area contributed by atoms with Crippen molar-refractivity contribution in [3.63, 3.8) is 0 Å². The van der Waals surface area contributed by atoms with Crippen LogP contribution < -0.4 is 5.32 Å². The summed E-state index contributed by atoms with van der Waals surface area (Å²) >= 11 is 0. The quantitative estimate of drug-likeness (QED) is 0.826. The molecule has 0 saturated carbocycles. The highest BCUT2D eigenvalue weighted by molar-refractivity contribution is 5.95. The fourth-order valence-corrected chi connectivity index (χ4v) is 2.01. The van der Waals surface area contributed by atoms with Gasteiger partial charge in [-0.1, -0.05) is 0 Å². The molecule has 1 saturated heterocycles. The number of rotatable bonds is 3. The summed E-state index contributed by atoms with van der Waals surface area (Å²) in [6.45, 7) is 1.25. The van der Waals surface area contributed by atoms with E-state index in [4.69, 9.17) is 9.84 Å². The summed E-state index contributed by atoms with van der Waals surface area (Å²) in [5, 5.41) is 11.5. The first-order valence-electron chi connectivity index (χ1n) is 6.02. The summed E-state index contributed by atoms with van der Waals surface area (Å²) in [6, 6.07) is 0.224. The van der Waals surface area contributed by atoms with Crippen LogP contribution in [0.25, 0.3) is 0 Å². The number of carbonyl (C=O) groups excluding carboxylic acids is 1. The zero-order valence-electron chi connectivity index (χ0n) is 11.0. The number of nitrogens with one attached hydrogen (secondary N) is 1. The van der Waals surface area contributed by atoms with Crippen molar-refractivity contribution in [1.82, 2.24) is 5.32 Å². The number of ether oxygens (including phenoxy) is 1. The minimum Gasteiger partial charge on any atom is -0.481 e. The molecule has 0 bridgehead atoms. The van der Waals surface area contributed by atoms with Crippen molar-refractivity contribution in [2.24, 2.45) is 5.41 Å². The van der Waals surface area contributed by atoms with E-state index in [2.05, 4.69) is 5.32 Å². The Morgan fingerprint density at radius 2 is 1.90 bits per heavy atom. The lowest BCUT2D eigenvalue weighted by molar-refractivity contribution is -0.148. The molecule has 1 aliphatic rings. The van der Waals surface area contributed by atoms with Crippen molar-refractivity contribution in [3.8, 4) is 0 Å². The molecule has 0 aromatic heterocycles. The van der Waals surface area contributed by atoms with E-state index in [0.717, 1.165) is 0 Å². The van der Waals surface area contributed by atoms with Gasteiger partial charge in [0.2, 0.25) is 0 Å². The lowest BCUT2D eigenvalue weighted by Crippen LogP contribution is -2.49. The lowest BCUT2D eigenvalue weighted by atomic mass is 9.85. The van der Waals surface area contributed by atoms with Crippen molar-refractivity contribution in [1.29, 1.82) is 0 Å². The zero-order chi connectivity index (χ0) is 15.8. The van der Waals surface area contributed by atoms with Crippen molar-refractivity contribution in [3.05, 3.63) is 35.1 Å². The second kappa shape index (κ2) is 5.36. The monoisotopic (exact) mass is 303 g/mol. The van der Waals surface area contributed by atoms with Crippen LogP contribution in [-0.4, -0.2) is 36.2 Å². The lowest BCUT2D eigenvalue weighted by Gasteiger charge is -2.25. The molecule has 8 heteroatoms. The van der Waals surface area contributed by atoms with Crippen LogP contribution in [0.3, 0.4) is 0 Å². The summed E-state index contributed by atoms with van der Waals surface area (Å²) in [7, 11) is 0. The molecule has 2 atom stereocenters. The molecule has 0 spiro atoms. The SMILES string of the molecule is CC1(C(=O)O)COCC1NC(=O)c1cc(F)c(F)c(F)c1. The normalized spacial score (nSPS) is 24.9. The minimum absolute atomic E-state index is 0.0410. The smallest absolute Gasteiger partial charge is 0.313 e. The third-order valence-electron chi connectivity index (χ3n) is 3.50. The van der Waals surface area contributed by atoms with Gasteiger partial charge in [0.05, 0.1) is 19.3 Å². The largest absolute Gasteiger partial charge is 0.481 e. The molecule has 2 unspecified atom stereocenters. The number of amides is 1. The number of hydrogen-bond donors (Lipinski definition) is 2. The van der Waals surface area contributed by atoms with Crippen molar-refractivity contribution in [2.75, 3.05) is 13.2 Å². The number of carbonyl (C=O) groups is 2. The van der Waals surface area contributed by atoms with Gasteiger partial charge in [0.1, 0.15) is 5.41 Å². The van der Waals surface area contributed by atoms with E-state index in [1.807, 2.05) is 0 Å². The highest BCUT2D eigenvalue weighted by Gasteiger charge is 2.47. The van der Waals surface area contributed by atoms with E-state index in [1.165, 1.54) is 6.92 Å². The zero-order valence-corrected chi connectivity index (χ0v) is 11.0. The molecule has 2 N–H and O–H groups in total. The van der Waals surface area contributed by atoms with E-state index in [1.54, 1.807) is 0 Å². The third-order valence-corrected chi connectivity index (χ3v) is 3.50. The standard InChI is InChI=1S/C13H12F3NO4/c1-13(12(19)20)5-21-4-9(13)17-11(18)6-2-7(14)10(16)8(15)3-6/h2-3,9H,4-5H2,1H3,(H,17,18)(H,19,20). The molecule has 5 nitrogen and oxygen atoms in total. The molecule has 1 amide bonds. The van der Waals surface area contributed by atoms with Gasteiger partial charge in [0, 0.05) is 5.56 Å². The fourth-order valence-electron chi connectivity index (χ4n) is 2.01. The average Bonchev–Trinajstić information content (AvgIpc) is 2.78. The summed E-state index contributed by atoms with van der Waals surface area (Å²) in [5.74, 6) is -6.74. The number of carboxylic acids is 1. The third kappa shape index (κ3) is 2.71. The number of carboxylic acid groups (broad SMARTS) is 1. The summed E-state index contributed by atoms with van der Waals surface area (Å²) in [6.07, 6.45) is 0. The second-order valence-corrected chi connectivity index (χ2v) is 5.02. The van der Waals surface area contributed by atoms with Gasteiger partial charge in [0.25, 0.3) is 5.91 Å². The second-order valence-electron chi connectivity index (χ2n) is 5.02. The predicted octanol–water partition coefficient (Wildman–Crippen LogP) is 1.32. The molecule has 1 aromatic carbocycles. The Labute approximate surface area is 117 Å². The molecule has 1 fully saturated rings. The van der Waals surface area contributed by atoms with E-state index >= 15 is 0 Å². The van der Waals surface area contributed by atoms with Crippen LogP contribution in [0.5, 0.6) is 0 Å². The van der Waals surface area contributed by atoms with Gasteiger partial charge in [-0.2, -0.15) is 0 Å². The first-order chi connectivity index (χ1) is 9.75. The van der Waals surface area contributed by atoms with Crippen molar-refractivity contribution >= 4 is 11.9 Å². The molecular weight excluding hydrogens is 291 g/mol. The predicted molar refractivity (Wildman–Crippen MR) is 64.1 cm³/mol. The Balaban J connectivity index is 2.21. The summed E-state index contributed by atoms with van der Waals surface area (Å²) < 4.78 is 44.0. The van der Waals surface area contributed by atoms with Gasteiger partial charge in [-0.05, 0) is 19.1 Å². The molecule has 21 heavy (non-hydrogen) atoms. The first kappa shape index (κ1) is 15.3. The molecule has 2 rings (SSSR count). The molecule has 1 heterocycles. The average molecular weight is 303 g/mol. The maximum absolute atomic E-state index is 13.1. The van der Waals surface area contributed by atoms with E-state index < -0.39 is 46.3 Å². The van der Waals surface area contributed by atoms with Gasteiger partial charge < -0.3 is 15.2 Å². The van der Waals surface area contributed by atoms with Crippen molar-refractivity contribution in [2.45, 2.75) is 13.0 Å². The maximum atomic E-state index is 13.1. The van der Waals surface area contributed by atoms with E-state index in [0.29, 0.717) is 12.1 Å². The Bertz CT molecular complexity index is 584. The molecule has 1 aromatic rings. The van der Waals surface area contributed by atoms with Crippen LogP contribution in [0, 0.1) is 22.9 Å². The van der Waals surface area contributed by atoms with E-state index in [-0.39, 0.29) is 13.2 Å². The van der Waals surface area contributed by atoms with Crippen LogP contribution >= 0.6 is 0 Å². The van der Waals surface area contributed by atoms with Crippen LogP contribution in [0.15, 0.2) is 12.1 Å². The number of benzene rings is 1. The number of hydrogen-bond acceptors (Lipinski definition) is 3. The number of halogens is 3. The van der Waals surface area contributed by atoms with Crippen molar-refractivity contribution < 1.29 is 32.6 Å². The van der Waals surface area contributed by atoms with Gasteiger partial charge in [-0.3, -0.25) is 9.59 Å². The van der Waals surface area contributed by atoms with Gasteiger partial charge in [-0.25, -0.2) is 13.2 Å². The molecular formula is C13H12F3NO4. The van der Waals surface area contributed by atoms with Crippen LogP contribution in [0.1, 0.15) is 17.3 Å². The van der Waals surface area contributed by atoms with E-state index in [9.17, 15) is 22.8 Å². The van der Waals surface area contributed by atoms with Crippen LogP contribution in [0.4, 0.5) is 13.2 Å².